The molecule has 1 fully saturated rings. The molecule has 0 spiro atoms. The van der Waals surface area contributed by atoms with Gasteiger partial charge in [-0.15, -0.1) is 6.58 Å². The van der Waals surface area contributed by atoms with E-state index in [0.29, 0.717) is 13.0 Å². The molecule has 0 aromatic rings. The number of aliphatic hydroxyl groups excluding tert-OH is 1. The van der Waals surface area contributed by atoms with Gasteiger partial charge in [0.1, 0.15) is 17.7 Å². The van der Waals surface area contributed by atoms with Crippen molar-refractivity contribution in [3.05, 3.63) is 12.7 Å². The van der Waals surface area contributed by atoms with Crippen molar-refractivity contribution < 1.29 is 34.1 Å². The van der Waals surface area contributed by atoms with Crippen LogP contribution in [0.2, 0.25) is 0 Å². The second kappa shape index (κ2) is 10.6. The maximum atomic E-state index is 13.2. The zero-order valence-electron chi connectivity index (χ0n) is 17.9. The Morgan fingerprint density at radius 3 is 2.45 bits per heavy atom. The van der Waals surface area contributed by atoms with E-state index in [1.165, 1.54) is 0 Å². The molecule has 1 heterocycles. The van der Waals surface area contributed by atoms with Crippen LogP contribution in [0.15, 0.2) is 12.7 Å². The summed E-state index contributed by atoms with van der Waals surface area (Å²) in [5, 5.41) is 21.9. The van der Waals surface area contributed by atoms with Crippen LogP contribution >= 0.6 is 0 Å². The predicted molar refractivity (Wildman–Crippen MR) is 106 cm³/mol. The highest BCUT2D eigenvalue weighted by Gasteiger charge is 2.43. The highest BCUT2D eigenvalue weighted by Crippen LogP contribution is 2.23. The number of ether oxygens (including phenoxy) is 2. The number of β-amino-alcohol motifs (C(OH)–C–C–N with tert-alkyl or cyclic N) is 1. The molecule has 0 aromatic carbocycles. The predicted octanol–water partition coefficient (Wildman–Crippen LogP) is 1.54. The number of aliphatic hydroxyl groups is 1. The largest absolute Gasteiger partial charge is 0.480 e. The Kier molecular flexibility index (Phi) is 9.10. The Labute approximate surface area is 172 Å². The SMILES string of the molecule is C=CCOC(C)CC(C)C(NC(=O)OC(C)(C)C)C(=O)N1CC(O)CC1C(=O)O. The first-order chi connectivity index (χ1) is 13.4. The van der Waals surface area contributed by atoms with Crippen LogP contribution in [-0.2, 0) is 19.1 Å². The van der Waals surface area contributed by atoms with Crippen molar-refractivity contribution in [1.29, 1.82) is 0 Å². The molecule has 0 saturated carbocycles. The summed E-state index contributed by atoms with van der Waals surface area (Å²) < 4.78 is 10.8. The number of likely N-dealkylation sites (tertiary alicyclic amines) is 1. The minimum absolute atomic E-state index is 0.0482. The molecule has 2 amide bonds. The van der Waals surface area contributed by atoms with Gasteiger partial charge in [-0.1, -0.05) is 13.0 Å². The lowest BCUT2D eigenvalue weighted by Gasteiger charge is -2.32. The number of amides is 2. The van der Waals surface area contributed by atoms with Crippen molar-refractivity contribution in [2.75, 3.05) is 13.2 Å². The van der Waals surface area contributed by atoms with Gasteiger partial charge in [0.15, 0.2) is 0 Å². The van der Waals surface area contributed by atoms with Gasteiger partial charge in [0, 0.05) is 13.0 Å². The fourth-order valence-electron chi connectivity index (χ4n) is 3.31. The van der Waals surface area contributed by atoms with Crippen LogP contribution in [0.5, 0.6) is 0 Å². The van der Waals surface area contributed by atoms with Gasteiger partial charge in [0.25, 0.3) is 0 Å². The van der Waals surface area contributed by atoms with Crippen molar-refractivity contribution in [3.63, 3.8) is 0 Å². The van der Waals surface area contributed by atoms with Crippen LogP contribution in [0.1, 0.15) is 47.5 Å². The number of nitrogens with zero attached hydrogens (tertiary/aromatic N) is 1. The van der Waals surface area contributed by atoms with Crippen molar-refractivity contribution in [3.8, 4) is 0 Å². The Morgan fingerprint density at radius 2 is 1.93 bits per heavy atom. The van der Waals surface area contributed by atoms with Crippen LogP contribution in [0.3, 0.4) is 0 Å². The Morgan fingerprint density at radius 1 is 1.31 bits per heavy atom. The first-order valence-electron chi connectivity index (χ1n) is 9.79. The normalized spacial score (nSPS) is 22.5. The van der Waals surface area contributed by atoms with Crippen molar-refractivity contribution in [2.24, 2.45) is 5.92 Å². The first-order valence-corrected chi connectivity index (χ1v) is 9.79. The standard InChI is InChI=1S/C20H34N2O7/c1-7-8-28-13(3)9-12(2)16(21-19(27)29-20(4,5)6)17(24)22-11-14(23)10-15(22)18(25)26/h7,12-16,23H,1,8-11H2,2-6H3,(H,21,27)(H,25,26). The first kappa shape index (κ1) is 24.9. The maximum absolute atomic E-state index is 13.2. The number of alkyl carbamates (subject to hydrolysis) is 1. The lowest BCUT2D eigenvalue weighted by Crippen LogP contribution is -2.55. The fourth-order valence-corrected chi connectivity index (χ4v) is 3.31. The van der Waals surface area contributed by atoms with Gasteiger partial charge in [-0.05, 0) is 40.0 Å². The summed E-state index contributed by atoms with van der Waals surface area (Å²) in [5.74, 6) is -2.13. The van der Waals surface area contributed by atoms with E-state index in [1.807, 2.05) is 6.92 Å². The number of nitrogens with one attached hydrogen (secondary N) is 1. The molecule has 0 bridgehead atoms. The van der Waals surface area contributed by atoms with E-state index < -0.39 is 41.8 Å². The van der Waals surface area contributed by atoms with E-state index in [-0.39, 0.29) is 25.0 Å². The second-order valence-corrected chi connectivity index (χ2v) is 8.50. The molecule has 0 aliphatic carbocycles. The number of carboxylic acid groups (broad SMARTS) is 1. The third-order valence-electron chi connectivity index (χ3n) is 4.56. The maximum Gasteiger partial charge on any atom is 0.408 e. The molecular weight excluding hydrogens is 380 g/mol. The van der Waals surface area contributed by atoms with Crippen molar-refractivity contribution in [1.82, 2.24) is 10.2 Å². The summed E-state index contributed by atoms with van der Waals surface area (Å²) in [6.45, 7) is 12.6. The molecule has 166 valence electrons. The highest BCUT2D eigenvalue weighted by atomic mass is 16.6. The minimum Gasteiger partial charge on any atom is -0.480 e. The average molecular weight is 414 g/mol. The number of carbonyl (C=O) groups excluding carboxylic acids is 2. The molecule has 5 unspecified atom stereocenters. The molecule has 1 rings (SSSR count). The van der Waals surface area contributed by atoms with Gasteiger partial charge in [-0.25, -0.2) is 9.59 Å². The smallest absolute Gasteiger partial charge is 0.408 e. The van der Waals surface area contributed by atoms with E-state index >= 15 is 0 Å². The summed E-state index contributed by atoms with van der Waals surface area (Å²) in [5.41, 5.74) is -0.755. The molecular formula is C20H34N2O7. The summed E-state index contributed by atoms with van der Waals surface area (Å²) in [6, 6.07) is -2.16. The number of hydrogen-bond donors (Lipinski definition) is 3. The number of rotatable bonds is 9. The molecule has 9 nitrogen and oxygen atoms in total. The molecule has 5 atom stereocenters. The molecule has 1 aliphatic heterocycles. The summed E-state index contributed by atoms with van der Waals surface area (Å²) in [4.78, 5) is 38.1. The molecule has 3 N–H and O–H groups in total. The Bertz CT molecular complexity index is 602. The van der Waals surface area contributed by atoms with Gasteiger partial charge in [-0.3, -0.25) is 4.79 Å². The van der Waals surface area contributed by atoms with Gasteiger partial charge in [-0.2, -0.15) is 0 Å². The van der Waals surface area contributed by atoms with E-state index in [0.717, 1.165) is 4.90 Å². The van der Waals surface area contributed by atoms with Crippen LogP contribution in [-0.4, -0.2) is 76.1 Å². The fraction of sp³-hybridized carbons (Fsp3) is 0.750. The van der Waals surface area contributed by atoms with Gasteiger partial charge in [0.2, 0.25) is 5.91 Å². The van der Waals surface area contributed by atoms with E-state index in [2.05, 4.69) is 11.9 Å². The van der Waals surface area contributed by atoms with Crippen LogP contribution < -0.4 is 5.32 Å². The zero-order chi connectivity index (χ0) is 22.4. The third-order valence-corrected chi connectivity index (χ3v) is 4.56. The summed E-state index contributed by atoms with van der Waals surface area (Å²) in [7, 11) is 0. The van der Waals surface area contributed by atoms with E-state index in [1.54, 1.807) is 33.8 Å². The Balaban J connectivity index is 3.01. The third kappa shape index (κ3) is 8.02. The van der Waals surface area contributed by atoms with Gasteiger partial charge in [0.05, 0.1) is 18.8 Å². The van der Waals surface area contributed by atoms with Crippen LogP contribution in [0.25, 0.3) is 0 Å². The minimum atomic E-state index is -1.19. The second-order valence-electron chi connectivity index (χ2n) is 8.50. The molecule has 1 aliphatic rings. The molecule has 29 heavy (non-hydrogen) atoms. The average Bonchev–Trinajstić information content (AvgIpc) is 2.97. The summed E-state index contributed by atoms with van der Waals surface area (Å²) in [6.07, 6.45) is 0.104. The number of aliphatic carboxylic acids is 1. The zero-order valence-corrected chi connectivity index (χ0v) is 17.9. The topological polar surface area (TPSA) is 125 Å². The van der Waals surface area contributed by atoms with E-state index in [9.17, 15) is 24.6 Å². The van der Waals surface area contributed by atoms with E-state index in [4.69, 9.17) is 9.47 Å². The molecule has 9 heteroatoms. The molecule has 0 aromatic heterocycles. The van der Waals surface area contributed by atoms with Gasteiger partial charge >= 0.3 is 12.1 Å². The monoisotopic (exact) mass is 414 g/mol. The molecule has 0 radical (unpaired) electrons. The number of carboxylic acids is 1. The van der Waals surface area contributed by atoms with Crippen molar-refractivity contribution in [2.45, 2.75) is 77.4 Å². The van der Waals surface area contributed by atoms with Crippen molar-refractivity contribution >= 4 is 18.0 Å². The number of hydrogen-bond acceptors (Lipinski definition) is 6. The summed E-state index contributed by atoms with van der Waals surface area (Å²) >= 11 is 0. The van der Waals surface area contributed by atoms with Gasteiger partial charge < -0.3 is 29.9 Å². The number of carbonyl (C=O) groups is 3. The van der Waals surface area contributed by atoms with Crippen LogP contribution in [0, 0.1) is 5.92 Å². The highest BCUT2D eigenvalue weighted by molar-refractivity contribution is 5.90. The lowest BCUT2D eigenvalue weighted by molar-refractivity contribution is -0.149. The van der Waals surface area contributed by atoms with Crippen LogP contribution in [0.4, 0.5) is 4.79 Å². The quantitative estimate of drug-likeness (QED) is 0.489. The lowest BCUT2D eigenvalue weighted by atomic mass is 9.94. The molecule has 1 saturated heterocycles. The Hall–Kier alpha value is -2.13.